The largest absolute Gasteiger partial charge is 0.493 e. The Morgan fingerprint density at radius 2 is 1.58 bits per heavy atom. The molecule has 3 nitrogen and oxygen atoms in total. The first-order valence-electron chi connectivity index (χ1n) is 8.28. The third-order valence-corrected chi connectivity index (χ3v) is 3.60. The number of rotatable bonds is 9. The van der Waals surface area contributed by atoms with Crippen LogP contribution >= 0.6 is 0 Å². The Hall–Kier alpha value is -2.55. The molecule has 0 saturated heterocycles. The van der Waals surface area contributed by atoms with Crippen molar-refractivity contribution < 1.29 is 14.3 Å². The summed E-state index contributed by atoms with van der Waals surface area (Å²) in [5.74, 6) is 0.584. The van der Waals surface area contributed by atoms with Gasteiger partial charge in [-0.2, -0.15) is 0 Å². The van der Waals surface area contributed by atoms with Crippen molar-refractivity contribution in [1.82, 2.24) is 0 Å². The van der Waals surface area contributed by atoms with E-state index in [9.17, 15) is 4.79 Å². The van der Waals surface area contributed by atoms with Gasteiger partial charge in [0.1, 0.15) is 5.75 Å². The molecule has 3 heteroatoms. The molecular formula is C21H24O3. The zero-order valence-corrected chi connectivity index (χ0v) is 14.2. The maximum absolute atomic E-state index is 11.2. The molecule has 126 valence electrons. The minimum absolute atomic E-state index is 0.317. The average Bonchev–Trinajstić information content (AvgIpc) is 2.61. The van der Waals surface area contributed by atoms with E-state index in [1.807, 2.05) is 36.4 Å². The van der Waals surface area contributed by atoms with Crippen LogP contribution in [0, 0.1) is 0 Å². The van der Waals surface area contributed by atoms with E-state index in [0.717, 1.165) is 36.1 Å². The topological polar surface area (TPSA) is 35.5 Å². The van der Waals surface area contributed by atoms with Gasteiger partial charge >= 0.3 is 5.97 Å². The van der Waals surface area contributed by atoms with Crippen LogP contribution in [-0.4, -0.2) is 19.2 Å². The van der Waals surface area contributed by atoms with E-state index >= 15 is 0 Å². The third kappa shape index (κ3) is 5.58. The van der Waals surface area contributed by atoms with E-state index in [2.05, 4.69) is 24.8 Å². The van der Waals surface area contributed by atoms with Gasteiger partial charge in [-0.1, -0.05) is 55.1 Å². The zero-order valence-electron chi connectivity index (χ0n) is 14.2. The number of para-hydroxylation sites is 1. The lowest BCUT2D eigenvalue weighted by atomic mass is 10.1. The Kier molecular flexibility index (Phi) is 7.09. The van der Waals surface area contributed by atoms with Gasteiger partial charge in [0.25, 0.3) is 0 Å². The number of benzene rings is 2. The molecule has 0 aromatic heterocycles. The summed E-state index contributed by atoms with van der Waals surface area (Å²) in [4.78, 5) is 11.2. The molecule has 0 spiro atoms. The summed E-state index contributed by atoms with van der Waals surface area (Å²) in [6, 6.07) is 18.3. The van der Waals surface area contributed by atoms with E-state index in [0.29, 0.717) is 18.8 Å². The van der Waals surface area contributed by atoms with Crippen LogP contribution in [0.15, 0.2) is 66.7 Å². The van der Waals surface area contributed by atoms with Crippen LogP contribution in [0.25, 0.3) is 11.1 Å². The van der Waals surface area contributed by atoms with Gasteiger partial charge in [0.15, 0.2) is 0 Å². The van der Waals surface area contributed by atoms with Gasteiger partial charge in [-0.05, 0) is 37.8 Å². The number of esters is 1. The molecule has 0 fully saturated rings. The highest BCUT2D eigenvalue weighted by molar-refractivity contribution is 5.86. The second kappa shape index (κ2) is 9.56. The van der Waals surface area contributed by atoms with Crippen molar-refractivity contribution in [2.24, 2.45) is 0 Å². The van der Waals surface area contributed by atoms with Gasteiger partial charge in [-0.3, -0.25) is 0 Å². The van der Waals surface area contributed by atoms with Gasteiger partial charge in [-0.15, -0.1) is 0 Å². The Morgan fingerprint density at radius 1 is 0.917 bits per heavy atom. The molecule has 0 aliphatic rings. The second-order valence-corrected chi connectivity index (χ2v) is 5.69. The normalized spacial score (nSPS) is 10.2. The number of carbonyl (C=O) groups excluding carboxylic acids is 1. The van der Waals surface area contributed by atoms with Crippen molar-refractivity contribution in [3.8, 4) is 16.9 Å². The lowest BCUT2D eigenvalue weighted by Crippen LogP contribution is -2.06. The van der Waals surface area contributed by atoms with E-state index in [4.69, 9.17) is 9.47 Å². The number of hydrogen-bond donors (Lipinski definition) is 0. The first kappa shape index (κ1) is 17.8. The van der Waals surface area contributed by atoms with Gasteiger partial charge in [0.2, 0.25) is 0 Å². The lowest BCUT2D eigenvalue weighted by molar-refractivity contribution is -0.139. The smallest absolute Gasteiger partial charge is 0.333 e. The monoisotopic (exact) mass is 324 g/mol. The van der Waals surface area contributed by atoms with Crippen molar-refractivity contribution in [2.45, 2.75) is 26.2 Å². The third-order valence-electron chi connectivity index (χ3n) is 3.60. The number of hydrogen-bond acceptors (Lipinski definition) is 3. The molecule has 24 heavy (non-hydrogen) atoms. The molecule has 0 aliphatic carbocycles. The van der Waals surface area contributed by atoms with E-state index in [1.165, 1.54) is 0 Å². The van der Waals surface area contributed by atoms with E-state index in [1.54, 1.807) is 6.92 Å². The summed E-state index contributed by atoms with van der Waals surface area (Å²) in [6.45, 7) is 6.30. The quantitative estimate of drug-likeness (QED) is 0.369. The summed E-state index contributed by atoms with van der Waals surface area (Å²) < 4.78 is 11.0. The molecule has 0 aliphatic heterocycles. The van der Waals surface area contributed by atoms with Gasteiger partial charge in [0, 0.05) is 11.1 Å². The lowest BCUT2D eigenvalue weighted by Gasteiger charge is -2.11. The van der Waals surface area contributed by atoms with Gasteiger partial charge in [-0.25, -0.2) is 4.79 Å². The summed E-state index contributed by atoms with van der Waals surface area (Å²) in [6.07, 6.45) is 2.72. The van der Waals surface area contributed by atoms with Crippen LogP contribution in [-0.2, 0) is 9.53 Å². The summed E-state index contributed by atoms with van der Waals surface area (Å²) in [5.41, 5.74) is 2.70. The van der Waals surface area contributed by atoms with Gasteiger partial charge in [0.05, 0.1) is 13.2 Å². The van der Waals surface area contributed by atoms with E-state index < -0.39 is 0 Å². The predicted octanol–water partition coefficient (Wildman–Crippen LogP) is 5.02. The fourth-order valence-electron chi connectivity index (χ4n) is 2.30. The summed E-state index contributed by atoms with van der Waals surface area (Å²) >= 11 is 0. The molecule has 0 amide bonds. The molecule has 0 radical (unpaired) electrons. The Morgan fingerprint density at radius 3 is 2.33 bits per heavy atom. The van der Waals surface area contributed by atoms with Gasteiger partial charge < -0.3 is 9.47 Å². The van der Waals surface area contributed by atoms with Crippen molar-refractivity contribution >= 4 is 5.97 Å². The van der Waals surface area contributed by atoms with Crippen LogP contribution < -0.4 is 4.74 Å². The molecule has 2 aromatic carbocycles. The van der Waals surface area contributed by atoms with Crippen LogP contribution in [0.2, 0.25) is 0 Å². The average molecular weight is 324 g/mol. The molecule has 0 heterocycles. The maximum atomic E-state index is 11.2. The van der Waals surface area contributed by atoms with Crippen LogP contribution in [0.4, 0.5) is 0 Å². The molecule has 0 saturated carbocycles. The molecule has 2 rings (SSSR count). The van der Waals surface area contributed by atoms with Crippen molar-refractivity contribution in [3.63, 3.8) is 0 Å². The maximum Gasteiger partial charge on any atom is 0.333 e. The highest BCUT2D eigenvalue weighted by Crippen LogP contribution is 2.29. The second-order valence-electron chi connectivity index (χ2n) is 5.69. The molecule has 0 unspecified atom stereocenters. The van der Waals surface area contributed by atoms with Crippen LogP contribution in [0.3, 0.4) is 0 Å². The Labute approximate surface area is 143 Å². The summed E-state index contributed by atoms with van der Waals surface area (Å²) in [5, 5.41) is 0. The minimum atomic E-state index is -0.317. The fraction of sp³-hybridized carbons (Fsp3) is 0.286. The van der Waals surface area contributed by atoms with E-state index in [-0.39, 0.29) is 5.97 Å². The predicted molar refractivity (Wildman–Crippen MR) is 97.0 cm³/mol. The van der Waals surface area contributed by atoms with Crippen molar-refractivity contribution in [1.29, 1.82) is 0 Å². The first-order chi connectivity index (χ1) is 11.7. The van der Waals surface area contributed by atoms with Crippen molar-refractivity contribution in [3.05, 3.63) is 66.7 Å². The summed E-state index contributed by atoms with van der Waals surface area (Å²) in [7, 11) is 0. The number of carbonyl (C=O) groups is 1. The Bertz CT molecular complexity index is 662. The molecule has 2 aromatic rings. The minimum Gasteiger partial charge on any atom is -0.493 e. The fourth-order valence-corrected chi connectivity index (χ4v) is 2.30. The number of unbranched alkanes of at least 4 members (excludes halogenated alkanes) is 2. The first-order valence-corrected chi connectivity index (χ1v) is 8.28. The molecule has 0 bridgehead atoms. The number of ether oxygens (including phenoxy) is 2. The standard InChI is InChI=1S/C21H24O3/c1-17(2)21(22)24-16-10-4-9-15-23-20-14-8-7-13-19(20)18-11-5-3-6-12-18/h3,5-8,11-14H,1,4,9-10,15-16H2,2H3. The van der Waals surface area contributed by atoms with Crippen LogP contribution in [0.5, 0.6) is 5.75 Å². The van der Waals surface area contributed by atoms with Crippen LogP contribution in [0.1, 0.15) is 26.2 Å². The molecule has 0 atom stereocenters. The molecular weight excluding hydrogens is 300 g/mol. The zero-order chi connectivity index (χ0) is 17.2. The SMILES string of the molecule is C=C(C)C(=O)OCCCCCOc1ccccc1-c1ccccc1. The highest BCUT2D eigenvalue weighted by atomic mass is 16.5. The highest BCUT2D eigenvalue weighted by Gasteiger charge is 2.05. The molecule has 0 N–H and O–H groups in total. The Balaban J connectivity index is 1.74. The van der Waals surface area contributed by atoms with Crippen molar-refractivity contribution in [2.75, 3.05) is 13.2 Å².